The van der Waals surface area contributed by atoms with Gasteiger partial charge in [0.1, 0.15) is 12.2 Å². The molecule has 8 nitrogen and oxygen atoms in total. The standard InChI is InChI=1S/C12H14FN3O5/c1-3-12(20)8(18)7(5(2)17)21-10(12)16-4-6(13)9(14)15-11(16)19/h1,4-5,7-8,10,17-18,20H,2H3,(H2,14,15,19)/t5-,7+,8-,10+,12?/m0/s1. The molecule has 0 spiro atoms. The van der Waals surface area contributed by atoms with Crippen molar-refractivity contribution in [3.05, 3.63) is 22.5 Å². The lowest BCUT2D eigenvalue weighted by molar-refractivity contribution is -0.0886. The highest BCUT2D eigenvalue weighted by atomic mass is 19.1. The van der Waals surface area contributed by atoms with E-state index in [1.54, 1.807) is 0 Å². The van der Waals surface area contributed by atoms with Crippen LogP contribution in [0.25, 0.3) is 0 Å². The molecule has 0 aliphatic carbocycles. The first-order valence-corrected chi connectivity index (χ1v) is 5.98. The van der Waals surface area contributed by atoms with Crippen LogP contribution in [0.5, 0.6) is 0 Å². The fraction of sp³-hybridized carbons (Fsp3) is 0.500. The normalized spacial score (nSPS) is 33.6. The number of nitrogen functional groups attached to an aromatic ring is 1. The fourth-order valence-corrected chi connectivity index (χ4v) is 2.16. The Balaban J connectivity index is 2.56. The molecule has 9 heteroatoms. The molecule has 0 saturated carbocycles. The van der Waals surface area contributed by atoms with Gasteiger partial charge >= 0.3 is 5.69 Å². The topological polar surface area (TPSA) is 131 Å². The summed E-state index contributed by atoms with van der Waals surface area (Å²) in [5.74, 6) is 0.273. The minimum atomic E-state index is -2.34. The van der Waals surface area contributed by atoms with E-state index in [0.717, 1.165) is 0 Å². The molecule has 1 aliphatic heterocycles. The van der Waals surface area contributed by atoms with Gasteiger partial charge in [-0.1, -0.05) is 5.92 Å². The Labute approximate surface area is 118 Å². The zero-order valence-corrected chi connectivity index (χ0v) is 11.0. The van der Waals surface area contributed by atoms with Crippen LogP contribution in [0.2, 0.25) is 0 Å². The van der Waals surface area contributed by atoms with Crippen LogP contribution in [0.3, 0.4) is 0 Å². The Morgan fingerprint density at radius 1 is 1.71 bits per heavy atom. The predicted molar refractivity (Wildman–Crippen MR) is 68.2 cm³/mol. The number of nitrogens with zero attached hydrogens (tertiary/aromatic N) is 2. The van der Waals surface area contributed by atoms with E-state index < -0.39 is 47.5 Å². The van der Waals surface area contributed by atoms with E-state index in [1.165, 1.54) is 6.92 Å². The zero-order valence-electron chi connectivity index (χ0n) is 11.0. The van der Waals surface area contributed by atoms with Crippen molar-refractivity contribution in [3.63, 3.8) is 0 Å². The largest absolute Gasteiger partial charge is 0.391 e. The number of ether oxygens (including phenoxy) is 1. The molecule has 21 heavy (non-hydrogen) atoms. The van der Waals surface area contributed by atoms with Crippen LogP contribution >= 0.6 is 0 Å². The van der Waals surface area contributed by atoms with Gasteiger partial charge in [0.05, 0.1) is 12.3 Å². The van der Waals surface area contributed by atoms with Gasteiger partial charge < -0.3 is 25.8 Å². The van der Waals surface area contributed by atoms with Gasteiger partial charge in [0.2, 0.25) is 0 Å². The highest BCUT2D eigenvalue weighted by Crippen LogP contribution is 2.38. The molecule has 1 aromatic rings. The third-order valence-electron chi connectivity index (χ3n) is 3.32. The molecule has 1 fully saturated rings. The summed E-state index contributed by atoms with van der Waals surface area (Å²) >= 11 is 0. The molecule has 114 valence electrons. The van der Waals surface area contributed by atoms with E-state index in [0.29, 0.717) is 10.8 Å². The SMILES string of the molecule is C#CC1(O)[C@@H](O)[C@@H]([C@H](C)O)O[C@H]1n1cc(F)c(N)nc1=O. The van der Waals surface area contributed by atoms with E-state index in [-0.39, 0.29) is 0 Å². The lowest BCUT2D eigenvalue weighted by Gasteiger charge is -2.26. The third-order valence-corrected chi connectivity index (χ3v) is 3.32. The highest BCUT2D eigenvalue weighted by Gasteiger charge is 2.57. The molecule has 2 rings (SSSR count). The van der Waals surface area contributed by atoms with Crippen molar-refractivity contribution in [1.29, 1.82) is 0 Å². The predicted octanol–water partition coefficient (Wildman–Crippen LogP) is -2.03. The highest BCUT2D eigenvalue weighted by molar-refractivity contribution is 5.27. The number of aliphatic hydroxyl groups excluding tert-OH is 2. The van der Waals surface area contributed by atoms with Gasteiger partial charge in [-0.2, -0.15) is 4.98 Å². The summed E-state index contributed by atoms with van der Waals surface area (Å²) in [5, 5.41) is 29.8. The van der Waals surface area contributed by atoms with Gasteiger partial charge in [0, 0.05) is 0 Å². The second-order valence-electron chi connectivity index (χ2n) is 4.77. The van der Waals surface area contributed by atoms with E-state index in [9.17, 15) is 24.5 Å². The molecule has 1 aromatic heterocycles. The Hall–Kier alpha value is -1.99. The Morgan fingerprint density at radius 2 is 2.33 bits per heavy atom. The maximum atomic E-state index is 13.5. The number of rotatable bonds is 2. The summed E-state index contributed by atoms with van der Waals surface area (Å²) in [6.45, 7) is 1.30. The molecule has 0 bridgehead atoms. The minimum Gasteiger partial charge on any atom is -0.391 e. The molecule has 2 heterocycles. The van der Waals surface area contributed by atoms with Crippen LogP contribution in [-0.2, 0) is 4.74 Å². The Morgan fingerprint density at radius 3 is 2.86 bits per heavy atom. The van der Waals surface area contributed by atoms with Gasteiger partial charge in [0.25, 0.3) is 0 Å². The molecule has 5 atom stereocenters. The summed E-state index contributed by atoms with van der Waals surface area (Å²) in [4.78, 5) is 15.0. The molecule has 0 amide bonds. The van der Waals surface area contributed by atoms with E-state index in [1.807, 2.05) is 5.92 Å². The minimum absolute atomic E-state index is 0.581. The number of nitrogens with two attached hydrogens (primary N) is 1. The second kappa shape index (κ2) is 5.09. The summed E-state index contributed by atoms with van der Waals surface area (Å²) < 4.78 is 19.3. The van der Waals surface area contributed by atoms with Crippen molar-refractivity contribution in [3.8, 4) is 12.3 Å². The zero-order chi connectivity index (χ0) is 15.9. The average Bonchev–Trinajstić information content (AvgIpc) is 2.68. The van der Waals surface area contributed by atoms with Crippen molar-refractivity contribution < 1.29 is 24.4 Å². The van der Waals surface area contributed by atoms with Crippen molar-refractivity contribution in [2.75, 3.05) is 5.73 Å². The molecule has 0 aromatic carbocycles. The van der Waals surface area contributed by atoms with Crippen LogP contribution in [0.15, 0.2) is 11.0 Å². The summed E-state index contributed by atoms with van der Waals surface area (Å²) in [5.41, 5.74) is 1.80. The van der Waals surface area contributed by atoms with Crippen molar-refractivity contribution in [2.24, 2.45) is 0 Å². The van der Waals surface area contributed by atoms with E-state index >= 15 is 0 Å². The Kier molecular flexibility index (Phi) is 3.73. The number of halogens is 1. The van der Waals surface area contributed by atoms with E-state index in [4.69, 9.17) is 16.9 Å². The smallest absolute Gasteiger partial charge is 0.351 e. The molecule has 1 aliphatic rings. The number of aliphatic hydroxyl groups is 3. The maximum absolute atomic E-state index is 13.5. The number of aromatic nitrogens is 2. The van der Waals surface area contributed by atoms with Crippen molar-refractivity contribution in [2.45, 2.75) is 37.1 Å². The van der Waals surface area contributed by atoms with Crippen molar-refractivity contribution in [1.82, 2.24) is 9.55 Å². The Bertz CT molecular complexity index is 655. The second-order valence-corrected chi connectivity index (χ2v) is 4.77. The number of hydrogen-bond donors (Lipinski definition) is 4. The molecule has 1 unspecified atom stereocenters. The number of terminal acetylenes is 1. The van der Waals surface area contributed by atoms with Crippen LogP contribution in [-0.4, -0.2) is 48.8 Å². The monoisotopic (exact) mass is 299 g/mol. The average molecular weight is 299 g/mol. The molecule has 5 N–H and O–H groups in total. The van der Waals surface area contributed by atoms with Crippen LogP contribution in [0, 0.1) is 18.2 Å². The fourth-order valence-electron chi connectivity index (χ4n) is 2.16. The van der Waals surface area contributed by atoms with E-state index in [2.05, 4.69) is 4.98 Å². The number of hydrogen-bond acceptors (Lipinski definition) is 7. The summed E-state index contributed by atoms with van der Waals surface area (Å²) in [7, 11) is 0. The van der Waals surface area contributed by atoms with Gasteiger partial charge in [-0.25, -0.2) is 9.18 Å². The molecular formula is C12H14FN3O5. The van der Waals surface area contributed by atoms with Crippen molar-refractivity contribution >= 4 is 5.82 Å². The first-order chi connectivity index (χ1) is 9.72. The summed E-state index contributed by atoms with van der Waals surface area (Å²) in [6, 6.07) is 0. The first-order valence-electron chi connectivity index (χ1n) is 5.98. The lowest BCUT2D eigenvalue weighted by Crippen LogP contribution is -2.48. The van der Waals surface area contributed by atoms with Gasteiger partial charge in [0.15, 0.2) is 23.5 Å². The molecular weight excluding hydrogens is 285 g/mol. The van der Waals surface area contributed by atoms with Crippen LogP contribution < -0.4 is 11.4 Å². The quantitative estimate of drug-likeness (QED) is 0.463. The van der Waals surface area contributed by atoms with Gasteiger partial charge in [-0.05, 0) is 6.92 Å². The third kappa shape index (κ3) is 2.28. The van der Waals surface area contributed by atoms with Crippen LogP contribution in [0.1, 0.15) is 13.2 Å². The maximum Gasteiger partial charge on any atom is 0.351 e. The van der Waals surface area contributed by atoms with Gasteiger partial charge in [-0.3, -0.25) is 4.57 Å². The van der Waals surface area contributed by atoms with Gasteiger partial charge in [-0.15, -0.1) is 6.42 Å². The lowest BCUT2D eigenvalue weighted by atomic mass is 9.93. The molecule has 1 saturated heterocycles. The summed E-state index contributed by atoms with van der Waals surface area (Å²) in [6.07, 6.45) is 0.105. The first kappa shape index (κ1) is 15.4. The number of anilines is 1. The van der Waals surface area contributed by atoms with Crippen LogP contribution in [0.4, 0.5) is 10.2 Å². The molecule has 0 radical (unpaired) electrons.